The molecule has 0 bridgehead atoms. The SMILES string of the molecule is CCCN(CCC(N)=S)C(=O)c1ccccc1C. The van der Waals surface area contributed by atoms with Gasteiger partial charge in [0.05, 0.1) is 4.99 Å². The Morgan fingerprint density at radius 3 is 2.56 bits per heavy atom. The zero-order chi connectivity index (χ0) is 13.5. The average Bonchev–Trinajstić information content (AvgIpc) is 2.34. The summed E-state index contributed by atoms with van der Waals surface area (Å²) in [5.74, 6) is 0.0613. The highest BCUT2D eigenvalue weighted by atomic mass is 32.1. The number of carbonyl (C=O) groups is 1. The number of thiocarbonyl (C=S) groups is 1. The molecule has 18 heavy (non-hydrogen) atoms. The molecule has 0 heterocycles. The predicted octanol–water partition coefficient (Wildman–Crippen LogP) is 2.52. The van der Waals surface area contributed by atoms with Crippen LogP contribution in [-0.2, 0) is 0 Å². The van der Waals surface area contributed by atoms with Crippen molar-refractivity contribution in [2.75, 3.05) is 13.1 Å². The van der Waals surface area contributed by atoms with E-state index in [0.29, 0.717) is 18.0 Å². The number of rotatable bonds is 6. The minimum absolute atomic E-state index is 0.0613. The van der Waals surface area contributed by atoms with Gasteiger partial charge in [0.1, 0.15) is 0 Å². The fourth-order valence-electron chi connectivity index (χ4n) is 1.81. The second-order valence-corrected chi connectivity index (χ2v) is 4.85. The molecule has 0 aliphatic rings. The van der Waals surface area contributed by atoms with E-state index in [0.717, 1.165) is 24.1 Å². The maximum absolute atomic E-state index is 12.4. The Hall–Kier alpha value is -1.42. The molecule has 0 spiro atoms. The third-order valence-electron chi connectivity index (χ3n) is 2.78. The number of nitrogens with zero attached hydrogens (tertiary/aromatic N) is 1. The summed E-state index contributed by atoms with van der Waals surface area (Å²) >= 11 is 4.87. The third kappa shape index (κ3) is 4.11. The Kier molecular flexibility index (Phi) is 5.78. The average molecular weight is 264 g/mol. The summed E-state index contributed by atoms with van der Waals surface area (Å²) in [6, 6.07) is 7.63. The Labute approximate surface area is 114 Å². The van der Waals surface area contributed by atoms with Crippen LogP contribution in [0.2, 0.25) is 0 Å². The first-order valence-electron chi connectivity index (χ1n) is 6.19. The molecular formula is C14H20N2OS. The normalized spacial score (nSPS) is 10.1. The van der Waals surface area contributed by atoms with Crippen LogP contribution in [0.3, 0.4) is 0 Å². The van der Waals surface area contributed by atoms with Gasteiger partial charge in [-0.3, -0.25) is 4.79 Å². The van der Waals surface area contributed by atoms with Gasteiger partial charge in [0.25, 0.3) is 5.91 Å². The highest BCUT2D eigenvalue weighted by molar-refractivity contribution is 7.80. The summed E-state index contributed by atoms with van der Waals surface area (Å²) < 4.78 is 0. The number of amides is 1. The molecule has 0 atom stereocenters. The molecular weight excluding hydrogens is 244 g/mol. The number of nitrogens with two attached hydrogens (primary N) is 1. The second-order valence-electron chi connectivity index (χ2n) is 4.32. The molecule has 0 aliphatic carbocycles. The van der Waals surface area contributed by atoms with Crippen molar-refractivity contribution in [1.82, 2.24) is 4.90 Å². The second kappa shape index (κ2) is 7.11. The number of carbonyl (C=O) groups excluding carboxylic acids is 1. The molecule has 0 saturated heterocycles. The third-order valence-corrected chi connectivity index (χ3v) is 2.99. The molecule has 0 radical (unpaired) electrons. The van der Waals surface area contributed by atoms with Gasteiger partial charge < -0.3 is 10.6 Å². The monoisotopic (exact) mass is 264 g/mol. The lowest BCUT2D eigenvalue weighted by atomic mass is 10.1. The molecule has 98 valence electrons. The van der Waals surface area contributed by atoms with Crippen LogP contribution in [0, 0.1) is 6.92 Å². The first kappa shape index (κ1) is 14.6. The van der Waals surface area contributed by atoms with Gasteiger partial charge >= 0.3 is 0 Å². The lowest BCUT2D eigenvalue weighted by Gasteiger charge is -2.22. The molecule has 0 aromatic heterocycles. The quantitative estimate of drug-likeness (QED) is 0.803. The molecule has 1 amide bonds. The van der Waals surface area contributed by atoms with Crippen molar-refractivity contribution >= 4 is 23.1 Å². The lowest BCUT2D eigenvalue weighted by Crippen LogP contribution is -2.34. The van der Waals surface area contributed by atoms with E-state index in [2.05, 4.69) is 6.92 Å². The van der Waals surface area contributed by atoms with Crippen LogP contribution in [0.4, 0.5) is 0 Å². The summed E-state index contributed by atoms with van der Waals surface area (Å²) in [6.45, 7) is 5.33. The topological polar surface area (TPSA) is 46.3 Å². The largest absolute Gasteiger partial charge is 0.393 e. The van der Waals surface area contributed by atoms with Crippen LogP contribution < -0.4 is 5.73 Å². The van der Waals surface area contributed by atoms with Gasteiger partial charge in [-0.1, -0.05) is 37.3 Å². The molecule has 0 unspecified atom stereocenters. The Balaban J connectivity index is 2.82. The van der Waals surface area contributed by atoms with E-state index >= 15 is 0 Å². The van der Waals surface area contributed by atoms with Crippen LogP contribution in [0.25, 0.3) is 0 Å². The zero-order valence-electron chi connectivity index (χ0n) is 11.0. The first-order valence-corrected chi connectivity index (χ1v) is 6.60. The standard InChI is InChI=1S/C14H20N2OS/c1-3-9-16(10-8-13(15)18)14(17)12-7-5-4-6-11(12)2/h4-7H,3,8-10H2,1-2H3,(H2,15,18). The zero-order valence-corrected chi connectivity index (χ0v) is 11.8. The summed E-state index contributed by atoms with van der Waals surface area (Å²) in [5, 5.41) is 0. The van der Waals surface area contributed by atoms with Crippen LogP contribution in [0.5, 0.6) is 0 Å². The van der Waals surface area contributed by atoms with Gasteiger partial charge in [-0.05, 0) is 25.0 Å². The fraction of sp³-hybridized carbons (Fsp3) is 0.429. The van der Waals surface area contributed by atoms with E-state index in [9.17, 15) is 4.79 Å². The Bertz CT molecular complexity index is 432. The van der Waals surface area contributed by atoms with Crippen molar-refractivity contribution in [1.29, 1.82) is 0 Å². The minimum atomic E-state index is 0.0613. The molecule has 0 aliphatic heterocycles. The lowest BCUT2D eigenvalue weighted by molar-refractivity contribution is 0.0759. The smallest absolute Gasteiger partial charge is 0.254 e. The Morgan fingerprint density at radius 2 is 2.00 bits per heavy atom. The van der Waals surface area contributed by atoms with Crippen molar-refractivity contribution in [3.05, 3.63) is 35.4 Å². The van der Waals surface area contributed by atoms with E-state index < -0.39 is 0 Å². The van der Waals surface area contributed by atoms with Crippen molar-refractivity contribution in [3.63, 3.8) is 0 Å². The molecule has 1 aromatic carbocycles. The van der Waals surface area contributed by atoms with Crippen molar-refractivity contribution < 1.29 is 4.79 Å². The molecule has 0 saturated carbocycles. The maximum Gasteiger partial charge on any atom is 0.254 e. The van der Waals surface area contributed by atoms with Crippen LogP contribution in [0.1, 0.15) is 35.7 Å². The van der Waals surface area contributed by atoms with Crippen molar-refractivity contribution in [2.24, 2.45) is 5.73 Å². The van der Waals surface area contributed by atoms with Crippen molar-refractivity contribution in [2.45, 2.75) is 26.7 Å². The maximum atomic E-state index is 12.4. The predicted molar refractivity (Wildman–Crippen MR) is 78.8 cm³/mol. The fourth-order valence-corrected chi connectivity index (χ4v) is 1.90. The van der Waals surface area contributed by atoms with Gasteiger partial charge in [-0.15, -0.1) is 0 Å². The summed E-state index contributed by atoms with van der Waals surface area (Å²) in [7, 11) is 0. The van der Waals surface area contributed by atoms with Crippen LogP contribution in [-0.4, -0.2) is 28.9 Å². The first-order chi connectivity index (χ1) is 8.56. The molecule has 0 fully saturated rings. The number of hydrogen-bond donors (Lipinski definition) is 1. The molecule has 3 nitrogen and oxygen atoms in total. The van der Waals surface area contributed by atoms with Crippen LogP contribution in [0.15, 0.2) is 24.3 Å². The van der Waals surface area contributed by atoms with Gasteiger partial charge in [0, 0.05) is 25.1 Å². The summed E-state index contributed by atoms with van der Waals surface area (Å²) in [5.41, 5.74) is 7.26. The molecule has 4 heteroatoms. The number of aryl methyl sites for hydroxylation is 1. The van der Waals surface area contributed by atoms with Gasteiger partial charge in [0.2, 0.25) is 0 Å². The Morgan fingerprint density at radius 1 is 1.33 bits per heavy atom. The molecule has 1 rings (SSSR count). The minimum Gasteiger partial charge on any atom is -0.393 e. The van der Waals surface area contributed by atoms with Gasteiger partial charge in [-0.25, -0.2) is 0 Å². The van der Waals surface area contributed by atoms with Gasteiger partial charge in [-0.2, -0.15) is 0 Å². The van der Waals surface area contributed by atoms with E-state index in [1.165, 1.54) is 0 Å². The van der Waals surface area contributed by atoms with Gasteiger partial charge in [0.15, 0.2) is 0 Å². The van der Waals surface area contributed by atoms with Crippen molar-refractivity contribution in [3.8, 4) is 0 Å². The van der Waals surface area contributed by atoms with E-state index in [4.69, 9.17) is 18.0 Å². The number of hydrogen-bond acceptors (Lipinski definition) is 2. The van der Waals surface area contributed by atoms with E-state index in [1.807, 2.05) is 36.1 Å². The summed E-state index contributed by atoms with van der Waals surface area (Å²) in [4.78, 5) is 14.7. The summed E-state index contributed by atoms with van der Waals surface area (Å²) in [6.07, 6.45) is 1.50. The van der Waals surface area contributed by atoms with Crippen LogP contribution >= 0.6 is 12.2 Å². The highest BCUT2D eigenvalue weighted by Crippen LogP contribution is 2.11. The molecule has 1 aromatic rings. The van der Waals surface area contributed by atoms with E-state index in [-0.39, 0.29) is 5.91 Å². The highest BCUT2D eigenvalue weighted by Gasteiger charge is 2.16. The van der Waals surface area contributed by atoms with E-state index in [1.54, 1.807) is 0 Å². The number of benzene rings is 1. The molecule has 2 N–H and O–H groups in total.